The van der Waals surface area contributed by atoms with Gasteiger partial charge in [0, 0.05) is 0 Å². The van der Waals surface area contributed by atoms with Crippen LogP contribution in [0.5, 0.6) is 5.75 Å². The second kappa shape index (κ2) is 7.71. The van der Waals surface area contributed by atoms with Crippen LogP contribution in [0.3, 0.4) is 0 Å². The first-order valence-corrected chi connectivity index (χ1v) is 8.34. The zero-order valence-electron chi connectivity index (χ0n) is 14.7. The fraction of sp³-hybridized carbons (Fsp3) is 0.182. The number of hydrogen-bond acceptors (Lipinski definition) is 4. The third kappa shape index (κ3) is 3.84. The molecule has 0 aromatic heterocycles. The molecular formula is C22H19NO3. The number of esters is 1. The molecule has 3 aromatic rings. The minimum atomic E-state index is -0.361. The van der Waals surface area contributed by atoms with Crippen LogP contribution in [0.2, 0.25) is 0 Å². The summed E-state index contributed by atoms with van der Waals surface area (Å²) in [4.78, 5) is 12.4. The smallest absolute Gasteiger partial charge is 0.313 e. The SMILES string of the molecule is COc1ccc2cc([C@H](C)C(=O)OCc3ccc(C#N)cc3)ccc2c1. The quantitative estimate of drug-likeness (QED) is 0.636. The van der Waals surface area contributed by atoms with Gasteiger partial charge in [0.25, 0.3) is 0 Å². The van der Waals surface area contributed by atoms with Gasteiger partial charge in [-0.3, -0.25) is 4.79 Å². The lowest BCUT2D eigenvalue weighted by atomic mass is 9.98. The van der Waals surface area contributed by atoms with Gasteiger partial charge >= 0.3 is 5.97 Å². The lowest BCUT2D eigenvalue weighted by molar-refractivity contribution is -0.146. The average molecular weight is 345 g/mol. The van der Waals surface area contributed by atoms with E-state index in [1.54, 1.807) is 31.4 Å². The van der Waals surface area contributed by atoms with Crippen molar-refractivity contribution < 1.29 is 14.3 Å². The van der Waals surface area contributed by atoms with Crippen LogP contribution in [-0.4, -0.2) is 13.1 Å². The van der Waals surface area contributed by atoms with Crippen LogP contribution in [0, 0.1) is 11.3 Å². The first-order valence-electron chi connectivity index (χ1n) is 8.34. The van der Waals surface area contributed by atoms with Crippen molar-refractivity contribution in [3.63, 3.8) is 0 Å². The maximum absolute atomic E-state index is 12.4. The Morgan fingerprint density at radius 2 is 1.73 bits per heavy atom. The highest BCUT2D eigenvalue weighted by Crippen LogP contribution is 2.26. The first kappa shape index (κ1) is 17.5. The molecule has 0 spiro atoms. The number of carbonyl (C=O) groups excluding carboxylic acids is 1. The van der Waals surface area contributed by atoms with Gasteiger partial charge in [-0.05, 0) is 53.1 Å². The van der Waals surface area contributed by atoms with Gasteiger partial charge in [-0.1, -0.05) is 36.4 Å². The van der Waals surface area contributed by atoms with Crippen LogP contribution in [-0.2, 0) is 16.1 Å². The van der Waals surface area contributed by atoms with Gasteiger partial charge in [0.05, 0.1) is 24.7 Å². The van der Waals surface area contributed by atoms with E-state index in [9.17, 15) is 4.79 Å². The maximum atomic E-state index is 12.4. The number of benzene rings is 3. The van der Waals surface area contributed by atoms with Gasteiger partial charge in [0.15, 0.2) is 0 Å². The van der Waals surface area contributed by atoms with Crippen LogP contribution >= 0.6 is 0 Å². The Morgan fingerprint density at radius 1 is 1.04 bits per heavy atom. The van der Waals surface area contributed by atoms with Gasteiger partial charge in [-0.25, -0.2) is 0 Å². The molecule has 0 N–H and O–H groups in total. The summed E-state index contributed by atoms with van der Waals surface area (Å²) in [5, 5.41) is 10.9. The zero-order valence-corrected chi connectivity index (χ0v) is 14.7. The van der Waals surface area contributed by atoms with E-state index in [0.29, 0.717) is 5.56 Å². The van der Waals surface area contributed by atoms with Gasteiger partial charge in [0.1, 0.15) is 12.4 Å². The number of nitrogens with zero attached hydrogens (tertiary/aromatic N) is 1. The summed E-state index contributed by atoms with van der Waals surface area (Å²) in [6, 6.07) is 20.8. The number of methoxy groups -OCH3 is 1. The number of ether oxygens (including phenoxy) is 2. The number of fused-ring (bicyclic) bond motifs is 1. The number of nitriles is 1. The zero-order chi connectivity index (χ0) is 18.5. The van der Waals surface area contributed by atoms with Crippen molar-refractivity contribution in [3.8, 4) is 11.8 Å². The number of carbonyl (C=O) groups is 1. The molecule has 4 nitrogen and oxygen atoms in total. The third-order valence-corrected chi connectivity index (χ3v) is 4.39. The number of hydrogen-bond donors (Lipinski definition) is 0. The molecule has 0 aliphatic rings. The van der Waals surface area contributed by atoms with Crippen molar-refractivity contribution in [2.75, 3.05) is 7.11 Å². The molecule has 3 aromatic carbocycles. The predicted molar refractivity (Wildman–Crippen MR) is 99.9 cm³/mol. The van der Waals surface area contributed by atoms with Gasteiger partial charge in [0.2, 0.25) is 0 Å². The van der Waals surface area contributed by atoms with Crippen LogP contribution in [0.4, 0.5) is 0 Å². The largest absolute Gasteiger partial charge is 0.497 e. The van der Waals surface area contributed by atoms with Crippen molar-refractivity contribution in [1.29, 1.82) is 5.26 Å². The summed E-state index contributed by atoms with van der Waals surface area (Å²) in [5.74, 6) is 0.169. The second-order valence-electron chi connectivity index (χ2n) is 6.11. The summed E-state index contributed by atoms with van der Waals surface area (Å²) in [5.41, 5.74) is 2.35. The third-order valence-electron chi connectivity index (χ3n) is 4.39. The molecular weight excluding hydrogens is 326 g/mol. The van der Waals surface area contributed by atoms with E-state index in [1.165, 1.54) is 0 Å². The summed E-state index contributed by atoms with van der Waals surface area (Å²) < 4.78 is 10.7. The Morgan fingerprint density at radius 3 is 2.42 bits per heavy atom. The molecule has 0 aliphatic carbocycles. The highest BCUT2D eigenvalue weighted by atomic mass is 16.5. The van der Waals surface area contributed by atoms with Crippen molar-refractivity contribution in [1.82, 2.24) is 0 Å². The monoisotopic (exact) mass is 345 g/mol. The van der Waals surface area contributed by atoms with E-state index >= 15 is 0 Å². The van der Waals surface area contributed by atoms with Crippen molar-refractivity contribution in [3.05, 3.63) is 77.4 Å². The van der Waals surface area contributed by atoms with Crippen LogP contribution < -0.4 is 4.74 Å². The van der Waals surface area contributed by atoms with Gasteiger partial charge < -0.3 is 9.47 Å². The fourth-order valence-electron chi connectivity index (χ4n) is 2.73. The van der Waals surface area contributed by atoms with Gasteiger partial charge in [-0.2, -0.15) is 5.26 Å². The molecule has 0 aliphatic heterocycles. The highest BCUT2D eigenvalue weighted by Gasteiger charge is 2.17. The maximum Gasteiger partial charge on any atom is 0.313 e. The molecule has 0 saturated heterocycles. The standard InChI is InChI=1S/C22H19NO3/c1-15(22(24)26-14-17-5-3-16(13-23)4-6-17)18-7-8-20-12-21(25-2)10-9-19(20)11-18/h3-12,15H,14H2,1-2H3/t15-/m0/s1. The molecule has 0 bridgehead atoms. The summed E-state index contributed by atoms with van der Waals surface area (Å²) in [6.45, 7) is 2.03. The Labute approximate surface area is 152 Å². The van der Waals surface area contributed by atoms with Crippen molar-refractivity contribution >= 4 is 16.7 Å². The molecule has 0 fully saturated rings. The molecule has 1 atom stereocenters. The van der Waals surface area contributed by atoms with E-state index in [-0.39, 0.29) is 18.5 Å². The normalized spacial score (nSPS) is 11.6. The summed E-state index contributed by atoms with van der Waals surface area (Å²) in [7, 11) is 1.64. The first-order chi connectivity index (χ1) is 12.6. The van der Waals surface area contributed by atoms with E-state index in [0.717, 1.165) is 27.6 Å². The Balaban J connectivity index is 1.69. The van der Waals surface area contributed by atoms with Crippen LogP contribution in [0.1, 0.15) is 29.5 Å². The minimum Gasteiger partial charge on any atom is -0.497 e. The van der Waals surface area contributed by atoms with E-state index in [1.807, 2.05) is 43.3 Å². The molecule has 130 valence electrons. The fourth-order valence-corrected chi connectivity index (χ4v) is 2.73. The topological polar surface area (TPSA) is 59.3 Å². The lowest BCUT2D eigenvalue weighted by Crippen LogP contribution is -2.13. The Bertz CT molecular complexity index is 971. The van der Waals surface area contributed by atoms with E-state index in [4.69, 9.17) is 14.7 Å². The molecule has 3 rings (SSSR count). The molecule has 0 unspecified atom stereocenters. The molecule has 0 amide bonds. The molecule has 0 radical (unpaired) electrons. The molecule has 26 heavy (non-hydrogen) atoms. The van der Waals surface area contributed by atoms with Crippen molar-refractivity contribution in [2.24, 2.45) is 0 Å². The average Bonchev–Trinajstić information content (AvgIpc) is 2.70. The summed E-state index contributed by atoms with van der Waals surface area (Å²) in [6.07, 6.45) is 0. The minimum absolute atomic E-state index is 0.194. The number of rotatable bonds is 5. The van der Waals surface area contributed by atoms with Crippen molar-refractivity contribution in [2.45, 2.75) is 19.4 Å². The molecule has 0 heterocycles. The van der Waals surface area contributed by atoms with Crippen LogP contribution in [0.15, 0.2) is 60.7 Å². The van der Waals surface area contributed by atoms with E-state index in [2.05, 4.69) is 6.07 Å². The summed E-state index contributed by atoms with van der Waals surface area (Å²) >= 11 is 0. The van der Waals surface area contributed by atoms with Crippen LogP contribution in [0.25, 0.3) is 10.8 Å². The Hall–Kier alpha value is -3.32. The molecule has 4 heteroatoms. The van der Waals surface area contributed by atoms with E-state index < -0.39 is 0 Å². The van der Waals surface area contributed by atoms with Gasteiger partial charge in [-0.15, -0.1) is 0 Å². The second-order valence-corrected chi connectivity index (χ2v) is 6.11. The highest BCUT2D eigenvalue weighted by molar-refractivity contribution is 5.86. The molecule has 0 saturated carbocycles. The Kier molecular flexibility index (Phi) is 5.19. The lowest BCUT2D eigenvalue weighted by Gasteiger charge is -2.13. The predicted octanol–water partition coefficient (Wildman–Crippen LogP) is 4.57.